The number of ether oxygens (including phenoxy) is 1. The van der Waals surface area contributed by atoms with Crippen LogP contribution in [0.4, 0.5) is 5.82 Å². The lowest BCUT2D eigenvalue weighted by atomic mass is 10.1. The summed E-state index contributed by atoms with van der Waals surface area (Å²) in [5.74, 6) is 2.46. The fourth-order valence-electron chi connectivity index (χ4n) is 4.73. The van der Waals surface area contributed by atoms with E-state index >= 15 is 0 Å². The van der Waals surface area contributed by atoms with Gasteiger partial charge in [0.05, 0.1) is 31.6 Å². The van der Waals surface area contributed by atoms with E-state index in [-0.39, 0.29) is 6.61 Å². The number of piperidine rings is 1. The maximum Gasteiger partial charge on any atom is 0.128 e. The number of likely N-dealkylation sites (tertiary alicyclic amines) is 1. The van der Waals surface area contributed by atoms with E-state index in [1.165, 1.54) is 18.8 Å². The van der Waals surface area contributed by atoms with Gasteiger partial charge < -0.3 is 15.6 Å². The monoisotopic (exact) mass is 369 g/mol. The third kappa shape index (κ3) is 2.76. The molecule has 3 aliphatic rings. The van der Waals surface area contributed by atoms with Crippen molar-refractivity contribution in [1.82, 2.24) is 19.7 Å². The Balaban J connectivity index is 1.41. The lowest BCUT2D eigenvalue weighted by molar-refractivity contribution is -0.0610. The van der Waals surface area contributed by atoms with Crippen LogP contribution in [0.1, 0.15) is 37.1 Å². The first-order chi connectivity index (χ1) is 13.1. The van der Waals surface area contributed by atoms with Crippen LogP contribution >= 0.6 is 0 Å². The zero-order chi connectivity index (χ0) is 18.7. The minimum atomic E-state index is -0.113. The molecule has 0 spiro atoms. The van der Waals surface area contributed by atoms with Crippen LogP contribution in [0, 0.1) is 11.8 Å². The van der Waals surface area contributed by atoms with Crippen LogP contribution in [-0.4, -0.2) is 57.1 Å². The highest BCUT2D eigenvalue weighted by atomic mass is 16.5. The molecule has 2 saturated heterocycles. The number of aliphatic hydroxyl groups excluding tert-OH is 1. The zero-order valence-corrected chi connectivity index (χ0v) is 15.9. The molecule has 7 nitrogen and oxygen atoms in total. The van der Waals surface area contributed by atoms with Crippen LogP contribution in [0.25, 0.3) is 11.3 Å². The highest BCUT2D eigenvalue weighted by molar-refractivity contribution is 5.62. The normalized spacial score (nSPS) is 27.8. The van der Waals surface area contributed by atoms with Gasteiger partial charge in [-0.05, 0) is 37.8 Å². The van der Waals surface area contributed by atoms with Crippen molar-refractivity contribution in [3.05, 3.63) is 29.6 Å². The van der Waals surface area contributed by atoms with Crippen LogP contribution in [0.5, 0.6) is 0 Å². The standard InChI is InChI=1S/C20H27N5O2/c1-11(2)25-18(19-15-6-24(7-16(15)19)14-9-27-10-14)4-17(23-25)12-3-13(8-26)20(21)22-5-12/h3-5,11,14-16,19,26H,6-10H2,1-2H3,(H2,21,22)/t15-,16+,19?. The van der Waals surface area contributed by atoms with Gasteiger partial charge in [-0.15, -0.1) is 0 Å². The van der Waals surface area contributed by atoms with Gasteiger partial charge in [-0.1, -0.05) is 0 Å². The molecule has 3 N–H and O–H groups in total. The second kappa shape index (κ2) is 6.29. The number of pyridine rings is 1. The second-order valence-electron chi connectivity index (χ2n) is 8.42. The van der Waals surface area contributed by atoms with Crippen molar-refractivity contribution in [3.8, 4) is 11.3 Å². The van der Waals surface area contributed by atoms with E-state index in [2.05, 4.69) is 34.5 Å². The molecule has 3 fully saturated rings. The summed E-state index contributed by atoms with van der Waals surface area (Å²) in [5.41, 5.74) is 9.63. The van der Waals surface area contributed by atoms with Crippen molar-refractivity contribution in [2.75, 3.05) is 32.0 Å². The predicted octanol–water partition coefficient (Wildman–Crippen LogP) is 1.64. The van der Waals surface area contributed by atoms with E-state index in [1.54, 1.807) is 6.20 Å². The van der Waals surface area contributed by atoms with Crippen LogP contribution < -0.4 is 5.73 Å². The Labute approximate surface area is 159 Å². The average molecular weight is 369 g/mol. The largest absolute Gasteiger partial charge is 0.392 e. The molecule has 2 aromatic rings. The quantitative estimate of drug-likeness (QED) is 0.833. The fraction of sp³-hybridized carbons (Fsp3) is 0.600. The number of nitrogens with zero attached hydrogens (tertiary/aromatic N) is 4. The number of nitrogens with two attached hydrogens (primary N) is 1. The van der Waals surface area contributed by atoms with Gasteiger partial charge >= 0.3 is 0 Å². The Morgan fingerprint density at radius 2 is 2.00 bits per heavy atom. The molecule has 0 amide bonds. The summed E-state index contributed by atoms with van der Waals surface area (Å²) in [6, 6.07) is 5.06. The number of hydrogen-bond donors (Lipinski definition) is 2. The van der Waals surface area contributed by atoms with Crippen LogP contribution in [0.15, 0.2) is 18.3 Å². The maximum absolute atomic E-state index is 9.48. The summed E-state index contributed by atoms with van der Waals surface area (Å²) >= 11 is 0. The van der Waals surface area contributed by atoms with E-state index in [1.807, 2.05) is 6.07 Å². The van der Waals surface area contributed by atoms with E-state index in [0.717, 1.165) is 36.3 Å². The van der Waals surface area contributed by atoms with Gasteiger partial charge in [0.1, 0.15) is 5.82 Å². The Kier molecular flexibility index (Phi) is 4.00. The summed E-state index contributed by atoms with van der Waals surface area (Å²) < 4.78 is 7.52. The molecule has 0 bridgehead atoms. The highest BCUT2D eigenvalue weighted by Crippen LogP contribution is 2.59. The fourth-order valence-corrected chi connectivity index (χ4v) is 4.73. The smallest absolute Gasteiger partial charge is 0.128 e. The SMILES string of the molecule is CC(C)n1nc(-c2cnc(N)c(CO)c2)cc1C1[C@H]2CN(C3COC3)C[C@@H]12. The summed E-state index contributed by atoms with van der Waals surface area (Å²) in [6.45, 7) is 8.40. The van der Waals surface area contributed by atoms with Gasteiger partial charge in [0.2, 0.25) is 0 Å². The van der Waals surface area contributed by atoms with Gasteiger partial charge in [0.25, 0.3) is 0 Å². The van der Waals surface area contributed by atoms with E-state index < -0.39 is 0 Å². The molecule has 2 aliphatic heterocycles. The molecule has 0 aromatic carbocycles. The van der Waals surface area contributed by atoms with Crippen molar-refractivity contribution in [2.24, 2.45) is 11.8 Å². The third-order valence-electron chi connectivity index (χ3n) is 6.42. The lowest BCUT2D eigenvalue weighted by Crippen LogP contribution is -2.48. The van der Waals surface area contributed by atoms with Crippen molar-refractivity contribution in [2.45, 2.75) is 38.5 Å². The Morgan fingerprint density at radius 3 is 2.59 bits per heavy atom. The maximum atomic E-state index is 9.48. The number of anilines is 1. The number of hydrogen-bond acceptors (Lipinski definition) is 6. The Bertz CT molecular complexity index is 848. The highest BCUT2D eigenvalue weighted by Gasteiger charge is 2.58. The molecule has 4 heterocycles. The van der Waals surface area contributed by atoms with Gasteiger partial charge in [0, 0.05) is 48.1 Å². The minimum Gasteiger partial charge on any atom is -0.392 e. The van der Waals surface area contributed by atoms with Crippen molar-refractivity contribution >= 4 is 5.82 Å². The molecule has 144 valence electrons. The number of aromatic nitrogens is 3. The first-order valence-corrected chi connectivity index (χ1v) is 9.83. The lowest BCUT2D eigenvalue weighted by Gasteiger charge is -2.35. The number of rotatable bonds is 5. The number of nitrogen functional groups attached to an aromatic ring is 1. The first-order valence-electron chi connectivity index (χ1n) is 9.83. The third-order valence-corrected chi connectivity index (χ3v) is 6.42. The number of aliphatic hydroxyl groups is 1. The Hall–Kier alpha value is -1.96. The molecule has 5 rings (SSSR count). The van der Waals surface area contributed by atoms with Crippen LogP contribution in [0.3, 0.4) is 0 Å². The summed E-state index contributed by atoms with van der Waals surface area (Å²) in [5, 5.41) is 14.4. The summed E-state index contributed by atoms with van der Waals surface area (Å²) in [7, 11) is 0. The average Bonchev–Trinajstić information content (AvgIpc) is 2.98. The molecular weight excluding hydrogens is 342 g/mol. The molecule has 3 atom stereocenters. The predicted molar refractivity (Wildman–Crippen MR) is 102 cm³/mol. The van der Waals surface area contributed by atoms with Gasteiger partial charge in [-0.25, -0.2) is 4.98 Å². The van der Waals surface area contributed by atoms with Gasteiger partial charge in [-0.3, -0.25) is 9.58 Å². The molecule has 1 aliphatic carbocycles. The molecule has 0 radical (unpaired) electrons. The summed E-state index contributed by atoms with van der Waals surface area (Å²) in [6.07, 6.45) is 1.75. The van der Waals surface area contributed by atoms with E-state index in [4.69, 9.17) is 15.6 Å². The minimum absolute atomic E-state index is 0.113. The van der Waals surface area contributed by atoms with E-state index in [9.17, 15) is 5.11 Å². The van der Waals surface area contributed by atoms with Gasteiger partial charge in [-0.2, -0.15) is 5.10 Å². The molecule has 7 heteroatoms. The topological polar surface area (TPSA) is 89.4 Å². The van der Waals surface area contributed by atoms with Crippen LogP contribution in [0.2, 0.25) is 0 Å². The summed E-state index contributed by atoms with van der Waals surface area (Å²) in [4.78, 5) is 6.82. The molecular formula is C20H27N5O2. The molecule has 1 saturated carbocycles. The van der Waals surface area contributed by atoms with E-state index in [0.29, 0.717) is 29.4 Å². The van der Waals surface area contributed by atoms with Crippen molar-refractivity contribution in [3.63, 3.8) is 0 Å². The zero-order valence-electron chi connectivity index (χ0n) is 15.9. The first kappa shape index (κ1) is 17.2. The van der Waals surface area contributed by atoms with Gasteiger partial charge in [0.15, 0.2) is 0 Å². The number of fused-ring (bicyclic) bond motifs is 1. The second-order valence-corrected chi connectivity index (χ2v) is 8.42. The molecule has 2 aromatic heterocycles. The molecule has 27 heavy (non-hydrogen) atoms. The Morgan fingerprint density at radius 1 is 1.26 bits per heavy atom. The van der Waals surface area contributed by atoms with Crippen molar-refractivity contribution < 1.29 is 9.84 Å². The van der Waals surface area contributed by atoms with Crippen LogP contribution in [-0.2, 0) is 11.3 Å². The molecule has 1 unspecified atom stereocenters. The van der Waals surface area contributed by atoms with Crippen molar-refractivity contribution in [1.29, 1.82) is 0 Å².